The van der Waals surface area contributed by atoms with E-state index < -0.39 is 60.7 Å². The first-order valence-corrected chi connectivity index (χ1v) is 32.4. The van der Waals surface area contributed by atoms with Crippen molar-refractivity contribution in [1.29, 1.82) is 0 Å². The standard InChI is InChI=1S/C69H77N9O14/c1-38(2)59(73-66(81)89-47-9-5-6-10-47)64(79)77-32-49(91-68(83)75-30-44-21-23-57-61(51(44)34-75)87-36-85-57)26-55(77)53-25-46(28-70-53)42-15-13-40(14-16-42)41-17-19-43(20-18-41)54-29-71-63(72-54)56-27-50(92-69(84)76-31-45-22-24-58-62(52(45)35-76)88-37-86-58)33-78(56)65(80)60(39(3)4)74-67(82)90-48-11-7-8-12-48/h13-24,28-29,38-39,47-50,55-56,59-60H,5-12,25-27,30-37H2,1-4H3,(H,71,72)(H,73,81)(H,74,82)/t49-,50-,55?,56+,59+,60+/m1/s1. The van der Waals surface area contributed by atoms with Gasteiger partial charge in [0, 0.05) is 55.4 Å². The number of rotatable bonds is 15. The Kier molecular flexibility index (Phi) is 16.7. The van der Waals surface area contributed by atoms with Crippen molar-refractivity contribution in [3.63, 3.8) is 0 Å². The molecule has 8 heterocycles. The van der Waals surface area contributed by atoms with Gasteiger partial charge in [0.1, 0.15) is 42.3 Å². The zero-order valence-electron chi connectivity index (χ0n) is 52.2. The number of carbonyl (C=O) groups excluding carboxylic acids is 6. The van der Waals surface area contributed by atoms with Crippen LogP contribution in [0, 0.1) is 11.8 Å². The topological polar surface area (TPSA) is 254 Å². The average molecular weight is 1260 g/mol. The van der Waals surface area contributed by atoms with Gasteiger partial charge in [0.05, 0.1) is 50.2 Å². The van der Waals surface area contributed by atoms with Crippen LogP contribution < -0.4 is 29.6 Å². The van der Waals surface area contributed by atoms with Crippen LogP contribution in [0.2, 0.25) is 0 Å². The van der Waals surface area contributed by atoms with Crippen molar-refractivity contribution >= 4 is 47.5 Å². The Morgan fingerprint density at radius 3 is 1.51 bits per heavy atom. The van der Waals surface area contributed by atoms with Crippen LogP contribution in [-0.4, -0.2) is 141 Å². The molecule has 1 unspecified atom stereocenters. The molecule has 9 aliphatic rings. The van der Waals surface area contributed by atoms with Gasteiger partial charge in [-0.2, -0.15) is 0 Å². The van der Waals surface area contributed by atoms with E-state index in [1.54, 1.807) is 25.8 Å². The van der Waals surface area contributed by atoms with Gasteiger partial charge in [-0.25, -0.2) is 24.2 Å². The Morgan fingerprint density at radius 1 is 0.543 bits per heavy atom. The number of nitrogens with one attached hydrogen (secondary N) is 3. The summed E-state index contributed by atoms with van der Waals surface area (Å²) in [5, 5.41) is 5.76. The Balaban J connectivity index is 0.639. The maximum Gasteiger partial charge on any atom is 0.410 e. The van der Waals surface area contributed by atoms with E-state index >= 15 is 0 Å². The zero-order chi connectivity index (χ0) is 63.3. The van der Waals surface area contributed by atoms with Crippen LogP contribution in [0.25, 0.3) is 28.0 Å². The maximum absolute atomic E-state index is 14.8. The van der Waals surface area contributed by atoms with Crippen molar-refractivity contribution in [3.8, 4) is 45.4 Å². The third kappa shape index (κ3) is 12.2. The minimum absolute atomic E-state index is 0.0852. The molecular weight excluding hydrogens is 1180 g/mol. The number of likely N-dealkylation sites (tertiary alicyclic amines) is 2. The molecule has 23 heteroatoms. The highest BCUT2D eigenvalue weighted by Crippen LogP contribution is 2.44. The fourth-order valence-electron chi connectivity index (χ4n) is 14.4. The summed E-state index contributed by atoms with van der Waals surface area (Å²) in [4.78, 5) is 104. The largest absolute Gasteiger partial charge is 0.454 e. The van der Waals surface area contributed by atoms with Gasteiger partial charge < -0.3 is 63.3 Å². The van der Waals surface area contributed by atoms with E-state index in [9.17, 15) is 28.8 Å². The maximum atomic E-state index is 14.8. The predicted octanol–water partition coefficient (Wildman–Crippen LogP) is 10.7. The molecule has 482 valence electrons. The van der Waals surface area contributed by atoms with Gasteiger partial charge >= 0.3 is 24.4 Å². The first kappa shape index (κ1) is 60.3. The van der Waals surface area contributed by atoms with Crippen LogP contribution in [0.15, 0.2) is 90.2 Å². The molecule has 1 aromatic heterocycles. The smallest absolute Gasteiger partial charge is 0.410 e. The third-order valence-electron chi connectivity index (χ3n) is 19.4. The van der Waals surface area contributed by atoms with E-state index in [1.807, 2.05) is 82.4 Å². The van der Waals surface area contributed by atoms with Crippen LogP contribution in [0.1, 0.15) is 138 Å². The van der Waals surface area contributed by atoms with Gasteiger partial charge in [-0.3, -0.25) is 24.4 Å². The number of amides is 6. The number of hydrogen-bond acceptors (Lipinski definition) is 16. The van der Waals surface area contributed by atoms with E-state index in [4.69, 9.17) is 47.9 Å². The lowest BCUT2D eigenvalue weighted by atomic mass is 9.95. The van der Waals surface area contributed by atoms with Crippen molar-refractivity contribution < 1.29 is 66.7 Å². The Labute approximate surface area is 533 Å². The van der Waals surface area contributed by atoms with Gasteiger partial charge in [-0.1, -0.05) is 88.4 Å². The minimum Gasteiger partial charge on any atom is -0.454 e. The molecule has 0 bridgehead atoms. The van der Waals surface area contributed by atoms with Crippen molar-refractivity contribution in [2.45, 2.75) is 173 Å². The molecule has 0 spiro atoms. The summed E-state index contributed by atoms with van der Waals surface area (Å²) in [6, 6.07) is 21.0. The fourth-order valence-corrected chi connectivity index (χ4v) is 14.4. The molecule has 3 N–H and O–H groups in total. The molecule has 92 heavy (non-hydrogen) atoms. The molecule has 6 amide bonds. The molecule has 4 aromatic carbocycles. The summed E-state index contributed by atoms with van der Waals surface area (Å²) in [6.07, 6.45) is 7.85. The number of benzene rings is 4. The highest BCUT2D eigenvalue weighted by atomic mass is 16.7. The van der Waals surface area contributed by atoms with Crippen LogP contribution in [0.3, 0.4) is 0 Å². The second kappa shape index (κ2) is 25.4. The zero-order valence-corrected chi connectivity index (χ0v) is 52.2. The van der Waals surface area contributed by atoms with Gasteiger partial charge in [-0.15, -0.1) is 0 Å². The van der Waals surface area contributed by atoms with E-state index in [1.165, 1.54) is 0 Å². The first-order valence-electron chi connectivity index (χ1n) is 32.4. The van der Waals surface area contributed by atoms with Gasteiger partial charge in [0.25, 0.3) is 0 Å². The van der Waals surface area contributed by atoms with Crippen molar-refractivity contribution in [2.24, 2.45) is 16.8 Å². The number of fused-ring (bicyclic) bond motifs is 6. The number of aromatic nitrogens is 2. The van der Waals surface area contributed by atoms with Crippen molar-refractivity contribution in [3.05, 3.63) is 119 Å². The van der Waals surface area contributed by atoms with Crippen molar-refractivity contribution in [1.82, 2.24) is 40.2 Å². The second-order valence-corrected chi connectivity index (χ2v) is 26.2. The number of imidazole rings is 1. The Morgan fingerprint density at radius 2 is 1.01 bits per heavy atom. The second-order valence-electron chi connectivity index (χ2n) is 26.2. The van der Waals surface area contributed by atoms with Crippen LogP contribution in [-0.2, 0) is 54.7 Å². The lowest BCUT2D eigenvalue weighted by Gasteiger charge is -2.31. The summed E-state index contributed by atoms with van der Waals surface area (Å²) < 4.78 is 46.6. The lowest BCUT2D eigenvalue weighted by Crippen LogP contribution is -2.54. The molecule has 2 saturated heterocycles. The number of ether oxygens (including phenoxy) is 8. The molecule has 23 nitrogen and oxygen atoms in total. The molecule has 7 aliphatic heterocycles. The summed E-state index contributed by atoms with van der Waals surface area (Å²) >= 11 is 0. The molecule has 4 fully saturated rings. The number of alkyl carbamates (subject to hydrolysis) is 2. The minimum atomic E-state index is -0.912. The van der Waals surface area contributed by atoms with E-state index in [0.29, 0.717) is 67.8 Å². The molecular formula is C69H77N9O14. The quantitative estimate of drug-likeness (QED) is 0.0824. The van der Waals surface area contributed by atoms with Gasteiger partial charge in [0.2, 0.25) is 25.4 Å². The highest BCUT2D eigenvalue weighted by Gasteiger charge is 2.47. The number of nitrogens with zero attached hydrogens (tertiary/aromatic N) is 6. The monoisotopic (exact) mass is 1260 g/mol. The van der Waals surface area contributed by atoms with Gasteiger partial charge in [-0.05, 0) is 114 Å². The summed E-state index contributed by atoms with van der Waals surface area (Å²) in [5.41, 5.74) is 9.93. The van der Waals surface area contributed by atoms with E-state index in [0.717, 1.165) is 113 Å². The number of H-pyrrole nitrogens is 1. The average Bonchev–Trinajstić information content (AvgIpc) is 1.68. The third-order valence-corrected chi connectivity index (χ3v) is 19.4. The van der Waals surface area contributed by atoms with E-state index in [-0.39, 0.29) is 69.0 Å². The van der Waals surface area contributed by atoms with Crippen LogP contribution in [0.5, 0.6) is 23.0 Å². The molecule has 5 aromatic rings. The predicted molar refractivity (Wildman–Crippen MR) is 334 cm³/mol. The number of allylic oxidation sites excluding steroid dienone is 1. The van der Waals surface area contributed by atoms with Crippen LogP contribution >= 0.6 is 0 Å². The number of aromatic amines is 1. The fraction of sp³-hybridized carbons (Fsp3) is 0.478. The van der Waals surface area contributed by atoms with E-state index in [2.05, 4.69) is 39.9 Å². The summed E-state index contributed by atoms with van der Waals surface area (Å²) in [5.74, 6) is 1.93. The van der Waals surface area contributed by atoms with Gasteiger partial charge in [0.15, 0.2) is 23.0 Å². The Bertz CT molecular complexity index is 3740. The number of hydrogen-bond donors (Lipinski definition) is 3. The normalized spacial score (nSPS) is 22.0. The Hall–Kier alpha value is -9.28. The molecule has 14 rings (SSSR count). The molecule has 2 saturated carbocycles. The van der Waals surface area contributed by atoms with Crippen LogP contribution in [0.4, 0.5) is 19.2 Å². The SMILES string of the molecule is CC(C)[C@H](NC(=O)OC1CCCC1)C(=O)N1C[C@H](OC(=O)N2Cc3ccc4c(c3C2)OCO4)CC1C1=NC=C(c2ccc(-c3ccc(-c4cnc([C@@H]5C[C@@H](OC(=O)N6Cc7ccc8c(c7C6)OCO8)CN5C(=O)[C@@H](NC(=O)OC5CCCC5)C(C)C)[nH]4)cc3)cc2)C1. The molecule has 6 atom stereocenters. The highest BCUT2D eigenvalue weighted by molar-refractivity contribution is 6.04. The number of carbonyl (C=O) groups is 6. The molecule has 0 radical (unpaired) electrons. The summed E-state index contributed by atoms with van der Waals surface area (Å²) in [7, 11) is 0. The van der Waals surface area contributed by atoms with Crippen molar-refractivity contribution in [2.75, 3.05) is 26.7 Å². The number of aliphatic imine (C=N–C) groups is 1. The molecule has 2 aliphatic carbocycles. The lowest BCUT2D eigenvalue weighted by molar-refractivity contribution is -0.136. The first-order chi connectivity index (χ1) is 44.6. The summed E-state index contributed by atoms with van der Waals surface area (Å²) in [6.45, 7) is 9.28.